The minimum atomic E-state index is 0.295. The molecule has 1 nitrogen and oxygen atoms in total. The molecular weight excluding hydrogens is 220 g/mol. The van der Waals surface area contributed by atoms with Crippen LogP contribution >= 0.6 is 0 Å². The SMILES string of the molecule is C=C(C)C1CCC1CC(=O)c1ccc(C)cc1C. The summed E-state index contributed by atoms with van der Waals surface area (Å²) in [5.74, 6) is 1.39. The number of hydrogen-bond acceptors (Lipinski definition) is 1. The molecule has 0 amide bonds. The predicted octanol–water partition coefficient (Wildman–Crippen LogP) is 4.48. The van der Waals surface area contributed by atoms with E-state index in [1.807, 2.05) is 19.1 Å². The van der Waals surface area contributed by atoms with Crippen LogP contribution in [0.1, 0.15) is 47.7 Å². The molecule has 2 unspecified atom stereocenters. The van der Waals surface area contributed by atoms with Gasteiger partial charge in [-0.15, -0.1) is 0 Å². The molecule has 0 aliphatic heterocycles. The van der Waals surface area contributed by atoms with Crippen LogP contribution in [0.15, 0.2) is 30.4 Å². The van der Waals surface area contributed by atoms with E-state index in [9.17, 15) is 4.79 Å². The van der Waals surface area contributed by atoms with Gasteiger partial charge in [0, 0.05) is 12.0 Å². The molecule has 0 heterocycles. The molecular formula is C17H22O. The Morgan fingerprint density at radius 1 is 1.33 bits per heavy atom. The van der Waals surface area contributed by atoms with E-state index in [-0.39, 0.29) is 0 Å². The molecule has 0 saturated heterocycles. The molecule has 2 rings (SSSR count). The molecule has 0 N–H and O–H groups in total. The first-order valence-corrected chi connectivity index (χ1v) is 6.75. The van der Waals surface area contributed by atoms with Crippen molar-refractivity contribution in [2.75, 3.05) is 0 Å². The van der Waals surface area contributed by atoms with Crippen LogP contribution in [0.5, 0.6) is 0 Å². The van der Waals surface area contributed by atoms with Crippen LogP contribution in [0.25, 0.3) is 0 Å². The first-order valence-electron chi connectivity index (χ1n) is 6.75. The highest BCUT2D eigenvalue weighted by atomic mass is 16.1. The summed E-state index contributed by atoms with van der Waals surface area (Å²) < 4.78 is 0. The Morgan fingerprint density at radius 2 is 2.06 bits per heavy atom. The molecule has 1 fully saturated rings. The molecule has 0 radical (unpaired) electrons. The number of allylic oxidation sites excluding steroid dienone is 1. The smallest absolute Gasteiger partial charge is 0.163 e. The summed E-state index contributed by atoms with van der Waals surface area (Å²) >= 11 is 0. The van der Waals surface area contributed by atoms with Gasteiger partial charge in [-0.3, -0.25) is 4.79 Å². The van der Waals surface area contributed by atoms with Crippen molar-refractivity contribution >= 4 is 5.78 Å². The van der Waals surface area contributed by atoms with E-state index in [2.05, 4.69) is 26.5 Å². The van der Waals surface area contributed by atoms with Crippen LogP contribution < -0.4 is 0 Å². The van der Waals surface area contributed by atoms with Gasteiger partial charge in [-0.2, -0.15) is 0 Å². The number of benzene rings is 1. The van der Waals surface area contributed by atoms with E-state index in [0.717, 1.165) is 11.1 Å². The molecule has 0 bridgehead atoms. The van der Waals surface area contributed by atoms with Crippen molar-refractivity contribution in [1.29, 1.82) is 0 Å². The van der Waals surface area contributed by atoms with Crippen LogP contribution in [0, 0.1) is 25.7 Å². The lowest BCUT2D eigenvalue weighted by Gasteiger charge is -2.37. The Hall–Kier alpha value is -1.37. The molecule has 1 aromatic rings. The van der Waals surface area contributed by atoms with E-state index in [1.54, 1.807) is 0 Å². The third kappa shape index (κ3) is 2.55. The fourth-order valence-corrected chi connectivity index (χ4v) is 2.94. The summed E-state index contributed by atoms with van der Waals surface area (Å²) in [5.41, 5.74) is 4.45. The highest BCUT2D eigenvalue weighted by Gasteiger charge is 2.33. The Bertz CT molecular complexity index is 484. The lowest BCUT2D eigenvalue weighted by molar-refractivity contribution is 0.0899. The van der Waals surface area contributed by atoms with Gasteiger partial charge in [-0.25, -0.2) is 0 Å². The maximum Gasteiger partial charge on any atom is 0.163 e. The van der Waals surface area contributed by atoms with E-state index >= 15 is 0 Å². The number of rotatable bonds is 4. The Labute approximate surface area is 110 Å². The molecule has 18 heavy (non-hydrogen) atoms. The number of carbonyl (C=O) groups is 1. The molecule has 1 aliphatic rings. The maximum atomic E-state index is 12.3. The average Bonchev–Trinajstić information content (AvgIpc) is 2.23. The van der Waals surface area contributed by atoms with Gasteiger partial charge in [-0.1, -0.05) is 35.9 Å². The third-order valence-corrected chi connectivity index (χ3v) is 4.18. The summed E-state index contributed by atoms with van der Waals surface area (Å²) in [6.45, 7) is 10.2. The molecule has 1 aromatic carbocycles. The van der Waals surface area contributed by atoms with E-state index in [4.69, 9.17) is 0 Å². The number of hydrogen-bond donors (Lipinski definition) is 0. The number of Topliss-reactive ketones (excluding diaryl/α,β-unsaturated/α-hetero) is 1. The molecule has 0 spiro atoms. The van der Waals surface area contributed by atoms with Gasteiger partial charge in [0.2, 0.25) is 0 Å². The van der Waals surface area contributed by atoms with Gasteiger partial charge < -0.3 is 0 Å². The van der Waals surface area contributed by atoms with Crippen molar-refractivity contribution < 1.29 is 4.79 Å². The predicted molar refractivity (Wildman–Crippen MR) is 75.9 cm³/mol. The van der Waals surface area contributed by atoms with Crippen molar-refractivity contribution in [2.45, 2.75) is 40.0 Å². The zero-order chi connectivity index (χ0) is 13.3. The lowest BCUT2D eigenvalue weighted by atomic mass is 9.68. The summed E-state index contributed by atoms with van der Waals surface area (Å²) in [6, 6.07) is 6.09. The van der Waals surface area contributed by atoms with Crippen molar-refractivity contribution in [2.24, 2.45) is 11.8 Å². The number of carbonyl (C=O) groups excluding carboxylic acids is 1. The van der Waals surface area contributed by atoms with Gasteiger partial charge in [0.05, 0.1) is 0 Å². The van der Waals surface area contributed by atoms with Crippen molar-refractivity contribution in [1.82, 2.24) is 0 Å². The van der Waals surface area contributed by atoms with Crippen molar-refractivity contribution in [3.05, 3.63) is 47.0 Å². The Morgan fingerprint density at radius 3 is 2.56 bits per heavy atom. The summed E-state index contributed by atoms with van der Waals surface area (Å²) in [7, 11) is 0. The second kappa shape index (κ2) is 5.09. The molecule has 0 aromatic heterocycles. The molecule has 1 heteroatoms. The number of ketones is 1. The first-order chi connectivity index (χ1) is 8.49. The lowest BCUT2D eigenvalue weighted by Crippen LogP contribution is -2.28. The van der Waals surface area contributed by atoms with E-state index in [0.29, 0.717) is 24.0 Å². The zero-order valence-electron chi connectivity index (χ0n) is 11.6. The second-order valence-corrected chi connectivity index (χ2v) is 5.74. The molecule has 1 saturated carbocycles. The van der Waals surface area contributed by atoms with E-state index < -0.39 is 0 Å². The van der Waals surface area contributed by atoms with Gasteiger partial charge in [0.25, 0.3) is 0 Å². The second-order valence-electron chi connectivity index (χ2n) is 5.74. The maximum absolute atomic E-state index is 12.3. The minimum Gasteiger partial charge on any atom is -0.294 e. The molecule has 1 aliphatic carbocycles. The standard InChI is InChI=1S/C17H22O/c1-11(2)15-8-6-14(15)10-17(18)16-7-5-12(3)9-13(16)4/h5,7,9,14-15H,1,6,8,10H2,2-4H3. The van der Waals surface area contributed by atoms with Crippen LogP contribution in [-0.2, 0) is 0 Å². The number of aryl methyl sites for hydroxylation is 2. The summed E-state index contributed by atoms with van der Waals surface area (Å²) in [6.07, 6.45) is 3.07. The topological polar surface area (TPSA) is 17.1 Å². The van der Waals surface area contributed by atoms with Crippen molar-refractivity contribution in [3.8, 4) is 0 Å². The first kappa shape index (κ1) is 13.1. The summed E-state index contributed by atoms with van der Waals surface area (Å²) in [4.78, 5) is 12.3. The normalized spacial score (nSPS) is 22.4. The fourth-order valence-electron chi connectivity index (χ4n) is 2.94. The molecule has 2 atom stereocenters. The third-order valence-electron chi connectivity index (χ3n) is 4.18. The fraction of sp³-hybridized carbons (Fsp3) is 0.471. The Balaban J connectivity index is 2.06. The van der Waals surface area contributed by atoms with E-state index in [1.165, 1.54) is 24.0 Å². The van der Waals surface area contributed by atoms with Crippen LogP contribution in [0.2, 0.25) is 0 Å². The summed E-state index contributed by atoms with van der Waals surface area (Å²) in [5, 5.41) is 0. The average molecular weight is 242 g/mol. The largest absolute Gasteiger partial charge is 0.294 e. The minimum absolute atomic E-state index is 0.295. The van der Waals surface area contributed by atoms with Crippen LogP contribution in [-0.4, -0.2) is 5.78 Å². The monoisotopic (exact) mass is 242 g/mol. The van der Waals surface area contributed by atoms with Crippen LogP contribution in [0.3, 0.4) is 0 Å². The van der Waals surface area contributed by atoms with Gasteiger partial charge in [-0.05, 0) is 51.0 Å². The van der Waals surface area contributed by atoms with Crippen LogP contribution in [0.4, 0.5) is 0 Å². The highest BCUT2D eigenvalue weighted by molar-refractivity contribution is 5.97. The van der Waals surface area contributed by atoms with Crippen molar-refractivity contribution in [3.63, 3.8) is 0 Å². The van der Waals surface area contributed by atoms with Gasteiger partial charge in [0.15, 0.2) is 5.78 Å². The van der Waals surface area contributed by atoms with Gasteiger partial charge in [0.1, 0.15) is 0 Å². The Kier molecular flexibility index (Phi) is 3.70. The van der Waals surface area contributed by atoms with Gasteiger partial charge >= 0.3 is 0 Å². The molecule has 96 valence electrons. The highest BCUT2D eigenvalue weighted by Crippen LogP contribution is 2.41. The quantitative estimate of drug-likeness (QED) is 0.562. The zero-order valence-corrected chi connectivity index (χ0v) is 11.6.